The molecule has 0 aliphatic carbocycles. The van der Waals surface area contributed by atoms with Gasteiger partial charge in [-0.3, -0.25) is 4.79 Å². The first-order chi connectivity index (χ1) is 7.61. The van der Waals surface area contributed by atoms with Crippen molar-refractivity contribution in [1.82, 2.24) is 4.98 Å². The lowest BCUT2D eigenvalue weighted by atomic mass is 10.1. The summed E-state index contributed by atoms with van der Waals surface area (Å²) in [5.74, 6) is 0.336. The molecule has 2 heterocycles. The van der Waals surface area contributed by atoms with Crippen LogP contribution in [0.25, 0.3) is 11.1 Å². The van der Waals surface area contributed by atoms with Crippen molar-refractivity contribution in [2.24, 2.45) is 0 Å². The predicted molar refractivity (Wildman–Crippen MR) is 59.5 cm³/mol. The summed E-state index contributed by atoms with van der Waals surface area (Å²) in [4.78, 5) is 15.4. The number of hydrogen-bond acceptors (Lipinski definition) is 4. The van der Waals surface area contributed by atoms with Gasteiger partial charge in [-0.2, -0.15) is 0 Å². The maximum absolute atomic E-state index is 11.2. The summed E-state index contributed by atoms with van der Waals surface area (Å²) >= 11 is 5.80. The molecule has 0 saturated carbocycles. The number of hydrogen-bond donors (Lipinski definition) is 0. The van der Waals surface area contributed by atoms with E-state index >= 15 is 0 Å². The average Bonchev–Trinajstić information content (AvgIpc) is 2.55. The van der Waals surface area contributed by atoms with Crippen molar-refractivity contribution in [3.8, 4) is 0 Å². The molecule has 16 heavy (non-hydrogen) atoms. The Bertz CT molecular complexity index is 547. The minimum atomic E-state index is -0.326. The van der Waals surface area contributed by atoms with Crippen molar-refractivity contribution < 1.29 is 13.9 Å². The number of methoxy groups -OCH3 is 1. The number of aryl methyl sites for hydroxylation is 1. The fourth-order valence-electron chi connectivity index (χ4n) is 1.54. The van der Waals surface area contributed by atoms with Crippen LogP contribution in [-0.2, 0) is 16.0 Å². The number of ether oxygens (including phenoxy) is 1. The number of fused-ring (bicyclic) bond motifs is 1. The molecular weight excluding hydrogens is 230 g/mol. The molecule has 84 valence electrons. The Morgan fingerprint density at radius 3 is 3.00 bits per heavy atom. The summed E-state index contributed by atoms with van der Waals surface area (Å²) in [5, 5.41) is 0.374. The van der Waals surface area contributed by atoms with Gasteiger partial charge in [-0.1, -0.05) is 11.6 Å². The lowest BCUT2D eigenvalue weighted by molar-refractivity contribution is -0.139. The van der Waals surface area contributed by atoms with E-state index in [2.05, 4.69) is 9.72 Å². The molecule has 0 bridgehead atoms. The molecule has 0 atom stereocenters. The van der Waals surface area contributed by atoms with E-state index in [4.69, 9.17) is 16.0 Å². The summed E-state index contributed by atoms with van der Waals surface area (Å²) in [6.07, 6.45) is 0.142. The van der Waals surface area contributed by atoms with Gasteiger partial charge in [0.25, 0.3) is 0 Å². The van der Waals surface area contributed by atoms with E-state index in [0.717, 1.165) is 5.56 Å². The first-order valence-electron chi connectivity index (χ1n) is 4.73. The zero-order valence-corrected chi connectivity index (χ0v) is 9.67. The number of pyridine rings is 1. The van der Waals surface area contributed by atoms with Gasteiger partial charge in [0.05, 0.1) is 13.5 Å². The van der Waals surface area contributed by atoms with E-state index in [1.807, 2.05) is 0 Å². The van der Waals surface area contributed by atoms with Crippen molar-refractivity contribution in [2.45, 2.75) is 13.3 Å². The fraction of sp³-hybridized carbons (Fsp3) is 0.273. The maximum atomic E-state index is 11.2. The van der Waals surface area contributed by atoms with Gasteiger partial charge in [-0.15, -0.1) is 0 Å². The highest BCUT2D eigenvalue weighted by Gasteiger charge is 2.16. The van der Waals surface area contributed by atoms with Crippen LogP contribution in [0.3, 0.4) is 0 Å². The second-order valence-electron chi connectivity index (χ2n) is 3.37. The molecule has 0 fully saturated rings. The second-order valence-corrected chi connectivity index (χ2v) is 3.76. The minimum Gasteiger partial charge on any atom is -0.469 e. The molecule has 0 saturated heterocycles. The molecule has 0 aromatic carbocycles. The Labute approximate surface area is 97.2 Å². The van der Waals surface area contributed by atoms with Crippen molar-refractivity contribution in [1.29, 1.82) is 0 Å². The van der Waals surface area contributed by atoms with Gasteiger partial charge in [0.2, 0.25) is 0 Å². The van der Waals surface area contributed by atoms with E-state index in [1.165, 1.54) is 7.11 Å². The molecule has 0 aliphatic rings. The zero-order chi connectivity index (χ0) is 11.7. The molecule has 0 N–H and O–H groups in total. The van der Waals surface area contributed by atoms with Gasteiger partial charge in [0, 0.05) is 5.56 Å². The molecule has 2 rings (SSSR count). The second kappa shape index (κ2) is 4.14. The SMILES string of the molecule is COC(=O)Cc1c(C)oc2ccc(Cl)nc12. The van der Waals surface area contributed by atoms with Gasteiger partial charge in [-0.05, 0) is 19.1 Å². The Kier molecular flexibility index (Phi) is 2.83. The van der Waals surface area contributed by atoms with Crippen LogP contribution < -0.4 is 0 Å². The third kappa shape index (κ3) is 1.88. The van der Waals surface area contributed by atoms with Crippen molar-refractivity contribution >= 4 is 28.7 Å². The van der Waals surface area contributed by atoms with Gasteiger partial charge < -0.3 is 9.15 Å². The van der Waals surface area contributed by atoms with Gasteiger partial charge in [-0.25, -0.2) is 4.98 Å². The Morgan fingerprint density at radius 1 is 1.56 bits per heavy atom. The van der Waals surface area contributed by atoms with Crippen LogP contribution in [0.1, 0.15) is 11.3 Å². The lowest BCUT2D eigenvalue weighted by Crippen LogP contribution is -2.05. The van der Waals surface area contributed by atoms with E-state index in [9.17, 15) is 4.79 Å². The molecule has 2 aromatic rings. The van der Waals surface area contributed by atoms with Gasteiger partial charge >= 0.3 is 5.97 Å². The van der Waals surface area contributed by atoms with Crippen LogP contribution in [-0.4, -0.2) is 18.1 Å². The first kappa shape index (κ1) is 11.0. The van der Waals surface area contributed by atoms with Gasteiger partial charge in [0.15, 0.2) is 5.58 Å². The summed E-state index contributed by atoms with van der Waals surface area (Å²) in [6, 6.07) is 3.38. The van der Waals surface area contributed by atoms with E-state index in [-0.39, 0.29) is 12.4 Å². The monoisotopic (exact) mass is 239 g/mol. The van der Waals surface area contributed by atoms with Crippen molar-refractivity contribution in [3.63, 3.8) is 0 Å². The summed E-state index contributed by atoms with van der Waals surface area (Å²) in [7, 11) is 1.35. The molecule has 0 radical (unpaired) electrons. The summed E-state index contributed by atoms with van der Waals surface area (Å²) in [6.45, 7) is 1.79. The standard InChI is InChI=1S/C11H10ClNO3/c1-6-7(5-10(14)15-2)11-8(16-6)3-4-9(12)13-11/h3-4H,5H2,1-2H3. The highest BCUT2D eigenvalue weighted by atomic mass is 35.5. The normalized spacial score (nSPS) is 10.7. The third-order valence-electron chi connectivity index (χ3n) is 2.35. The number of halogens is 1. The van der Waals surface area contributed by atoms with E-state index in [1.54, 1.807) is 19.1 Å². The minimum absolute atomic E-state index is 0.142. The Hall–Kier alpha value is -1.55. The molecule has 2 aromatic heterocycles. The number of carbonyl (C=O) groups excluding carboxylic acids is 1. The molecule has 5 heteroatoms. The topological polar surface area (TPSA) is 52.3 Å². The fourth-order valence-corrected chi connectivity index (χ4v) is 1.69. The molecule has 0 unspecified atom stereocenters. The van der Waals surface area contributed by atoms with Crippen LogP contribution in [0.5, 0.6) is 0 Å². The number of furan rings is 1. The Morgan fingerprint density at radius 2 is 2.31 bits per heavy atom. The van der Waals surface area contributed by atoms with Crippen molar-refractivity contribution in [2.75, 3.05) is 7.11 Å². The van der Waals surface area contributed by atoms with Crippen LogP contribution >= 0.6 is 11.6 Å². The molecule has 0 spiro atoms. The van der Waals surface area contributed by atoms with Crippen LogP contribution in [0, 0.1) is 6.92 Å². The first-order valence-corrected chi connectivity index (χ1v) is 5.11. The highest BCUT2D eigenvalue weighted by Crippen LogP contribution is 2.25. The predicted octanol–water partition coefficient (Wildman–Crippen LogP) is 2.51. The molecule has 4 nitrogen and oxygen atoms in total. The third-order valence-corrected chi connectivity index (χ3v) is 2.56. The van der Waals surface area contributed by atoms with Crippen LogP contribution in [0.15, 0.2) is 16.5 Å². The molecule has 0 amide bonds. The van der Waals surface area contributed by atoms with Gasteiger partial charge in [0.1, 0.15) is 16.4 Å². The van der Waals surface area contributed by atoms with Crippen molar-refractivity contribution in [3.05, 3.63) is 28.6 Å². The Balaban J connectivity index is 2.54. The summed E-state index contributed by atoms with van der Waals surface area (Å²) < 4.78 is 10.1. The zero-order valence-electron chi connectivity index (χ0n) is 8.91. The van der Waals surface area contributed by atoms with E-state index < -0.39 is 0 Å². The number of esters is 1. The quantitative estimate of drug-likeness (QED) is 0.597. The lowest BCUT2D eigenvalue weighted by Gasteiger charge is -1.98. The van der Waals surface area contributed by atoms with E-state index in [0.29, 0.717) is 22.0 Å². The smallest absolute Gasteiger partial charge is 0.310 e. The average molecular weight is 240 g/mol. The molecular formula is C11H10ClNO3. The number of nitrogens with zero attached hydrogens (tertiary/aromatic N) is 1. The van der Waals surface area contributed by atoms with Crippen LogP contribution in [0.4, 0.5) is 0 Å². The number of carbonyl (C=O) groups is 1. The van der Waals surface area contributed by atoms with Crippen LogP contribution in [0.2, 0.25) is 5.15 Å². The number of rotatable bonds is 2. The number of aromatic nitrogens is 1. The molecule has 0 aliphatic heterocycles. The largest absolute Gasteiger partial charge is 0.469 e. The highest BCUT2D eigenvalue weighted by molar-refractivity contribution is 6.29. The summed E-state index contributed by atoms with van der Waals surface area (Å²) in [5.41, 5.74) is 1.97. The maximum Gasteiger partial charge on any atom is 0.310 e.